The molecule has 81 heavy (non-hydrogen) atoms. The van der Waals surface area contributed by atoms with Crippen LogP contribution in [0.25, 0.3) is 33.5 Å². The molecular formula is C38H53N15O22P4S2. The molecule has 0 bridgehead atoms. The minimum atomic E-state index is -5.48. The quantitative estimate of drug-likeness (QED) is 0.0335. The Labute approximate surface area is 463 Å². The van der Waals surface area contributed by atoms with E-state index in [2.05, 4.69) is 44.9 Å². The van der Waals surface area contributed by atoms with Gasteiger partial charge in [0.1, 0.15) is 90.0 Å². The number of nitrogens with zero attached hydrogens (tertiary/aromatic N) is 12. The summed E-state index contributed by atoms with van der Waals surface area (Å²) in [6.07, 6.45) is -9.96. The van der Waals surface area contributed by atoms with Crippen LogP contribution in [0.15, 0.2) is 38.0 Å². The van der Waals surface area contributed by atoms with Crippen molar-refractivity contribution >= 4 is 103 Å². The third-order valence-corrected chi connectivity index (χ3v) is 21.0. The Morgan fingerprint density at radius 1 is 0.630 bits per heavy atom. The molecule has 0 saturated carbocycles. The first-order valence-electron chi connectivity index (χ1n) is 24.0. The smallest absolute Gasteiger partial charge is 0.396 e. The van der Waals surface area contributed by atoms with Crippen LogP contribution in [0.4, 0.5) is 17.5 Å². The summed E-state index contributed by atoms with van der Waals surface area (Å²) in [5.41, 5.74) is 16.8. The summed E-state index contributed by atoms with van der Waals surface area (Å²) in [6.45, 7) is -12.3. The van der Waals surface area contributed by atoms with E-state index in [0.29, 0.717) is 22.8 Å². The van der Waals surface area contributed by atoms with Gasteiger partial charge in [0.2, 0.25) is 0 Å². The van der Waals surface area contributed by atoms with Crippen LogP contribution in [-0.2, 0) is 69.1 Å². The number of hydrogen-bond donors (Lipinski definition) is 10. The number of nitrogens with two attached hydrogens (primary N) is 3. The van der Waals surface area contributed by atoms with Gasteiger partial charge in [0, 0.05) is 25.2 Å². The lowest BCUT2D eigenvalue weighted by molar-refractivity contribution is -0.165. The van der Waals surface area contributed by atoms with Crippen molar-refractivity contribution in [3.8, 4) is 0 Å². The van der Waals surface area contributed by atoms with Crippen LogP contribution in [0.2, 0.25) is 0 Å². The Kier molecular flexibility index (Phi) is 17.9. The molecule has 0 radical (unpaired) electrons. The van der Waals surface area contributed by atoms with Crippen LogP contribution in [0.3, 0.4) is 0 Å². The van der Waals surface area contributed by atoms with E-state index < -0.39 is 135 Å². The van der Waals surface area contributed by atoms with E-state index in [9.17, 15) is 53.2 Å². The van der Waals surface area contributed by atoms with E-state index in [0.717, 1.165) is 25.3 Å². The normalized spacial score (nSPS) is 30.8. The fraction of sp³-hybridized carbons (Fsp3) is 0.605. The average molecular weight is 1260 g/mol. The number of ether oxygens (including phenoxy) is 5. The highest BCUT2D eigenvalue weighted by Crippen LogP contribution is 2.62. The van der Waals surface area contributed by atoms with Gasteiger partial charge in [-0.1, -0.05) is 0 Å². The van der Waals surface area contributed by atoms with Gasteiger partial charge in [0.25, 0.3) is 0 Å². The lowest BCUT2D eigenvalue weighted by atomic mass is 9.89. The molecule has 0 aliphatic carbocycles. The highest BCUT2D eigenvalue weighted by molar-refractivity contribution is 8.55. The minimum absolute atomic E-state index is 0.00351. The molecule has 0 aromatic carbocycles. The van der Waals surface area contributed by atoms with Crippen LogP contribution in [0.1, 0.15) is 31.5 Å². The third-order valence-electron chi connectivity index (χ3n) is 13.1. The maximum atomic E-state index is 14.4. The molecule has 4 aliphatic rings. The van der Waals surface area contributed by atoms with Gasteiger partial charge in [0.05, 0.1) is 52.0 Å². The molecule has 10 rings (SSSR count). The summed E-state index contributed by atoms with van der Waals surface area (Å²) in [4.78, 5) is 81.5. The second-order valence-electron chi connectivity index (χ2n) is 18.1. The lowest BCUT2D eigenvalue weighted by Gasteiger charge is -2.38. The van der Waals surface area contributed by atoms with Gasteiger partial charge in [-0.2, -0.15) is 0 Å². The van der Waals surface area contributed by atoms with E-state index >= 15 is 0 Å². The molecule has 4 aliphatic heterocycles. The Bertz CT molecular complexity index is 3430. The molecule has 43 heteroatoms. The van der Waals surface area contributed by atoms with Gasteiger partial charge in [-0.15, -0.1) is 0 Å². The minimum Gasteiger partial charge on any atom is -0.396 e. The van der Waals surface area contributed by atoms with E-state index in [-0.39, 0.29) is 81.9 Å². The zero-order valence-electron chi connectivity index (χ0n) is 41.8. The SMILES string of the molecule is COC1[C@@H](COP(=O)(O)SCCO)O[C@@H](n2cnc3c(N)ncnc32)[C@H]1OP(=O)(O)OC[C@H]1O[C@@H](n2cnc3c(N)ncnc32)[C@@H](OP(=O)(O)OC[C@]23CCCOC2[C@H](OP(=O)(O)SCCO)[C@H](n2cnc4c(N)ncnc42)O3)C1O. The Balaban J connectivity index is 0.898. The standard InChI is InChI=1S/C38H53N15O22P4S2/c1-65-24-19(10-68-78(61,62)80-7-4-54)71-36(52-16-49-21-30(40)43-13-46-33(21)52)26(24)74-76(57,58)67-9-18-23(56)25(35(70-18)51-15-48-20-29(39)42-12-45-32(20)51)73-77(59,60)69-11-38-3-2-6-66-28(38)27(75-79(63,64)81-8-5-55)37(72-38)53-17-50-22-31(41)44-14-47-34(22)53/h12-19,23-28,35-37,54-56H,2-11H2,1H3,(H,57,58)(H,59,60)(H,61,62)(H,63,64)(H2,39,42,45)(H2,40,43,46)(H2,41,44,47)/t18-,19-,23?,24?,25+,26+,27+,28?,35-,36-,37-,38-/m1/s1. The number of phosphoric acid groups is 2. The van der Waals surface area contributed by atoms with E-state index in [1.807, 2.05) is 0 Å². The van der Waals surface area contributed by atoms with Crippen LogP contribution in [-0.4, -0.2) is 206 Å². The third kappa shape index (κ3) is 12.5. The van der Waals surface area contributed by atoms with E-state index in [1.54, 1.807) is 0 Å². The van der Waals surface area contributed by atoms with Crippen molar-refractivity contribution in [1.29, 1.82) is 0 Å². The Morgan fingerprint density at radius 2 is 1.12 bits per heavy atom. The molecule has 444 valence electrons. The van der Waals surface area contributed by atoms with Gasteiger partial charge >= 0.3 is 29.2 Å². The molecule has 13 N–H and O–H groups in total. The number of imidazole rings is 3. The number of nitrogen functional groups attached to an aromatic ring is 3. The predicted molar refractivity (Wildman–Crippen MR) is 277 cm³/mol. The highest BCUT2D eigenvalue weighted by Gasteiger charge is 2.62. The molecule has 0 amide bonds. The fourth-order valence-corrected chi connectivity index (χ4v) is 15.9. The highest BCUT2D eigenvalue weighted by atomic mass is 32.7. The summed E-state index contributed by atoms with van der Waals surface area (Å²) in [6, 6.07) is 0. The monoisotopic (exact) mass is 1260 g/mol. The number of methoxy groups -OCH3 is 1. The van der Waals surface area contributed by atoms with E-state index in [1.165, 1.54) is 33.5 Å². The second kappa shape index (κ2) is 24.1. The molecule has 7 unspecified atom stereocenters. The number of hydrogen-bond acceptors (Lipinski definition) is 32. The number of rotatable bonds is 25. The summed E-state index contributed by atoms with van der Waals surface area (Å²) < 4.78 is 123. The van der Waals surface area contributed by atoms with Crippen molar-refractivity contribution in [2.24, 2.45) is 0 Å². The molecule has 10 heterocycles. The van der Waals surface area contributed by atoms with Gasteiger partial charge in [-0.25, -0.2) is 63.1 Å². The van der Waals surface area contributed by atoms with Crippen molar-refractivity contribution in [2.45, 2.75) is 86.0 Å². The first-order valence-corrected chi connectivity index (χ1v) is 33.3. The van der Waals surface area contributed by atoms with Crippen LogP contribution in [0, 0.1) is 0 Å². The van der Waals surface area contributed by atoms with Crippen LogP contribution >= 0.6 is 52.0 Å². The maximum absolute atomic E-state index is 14.4. The number of anilines is 3. The molecular weight excluding hydrogens is 1210 g/mol. The summed E-state index contributed by atoms with van der Waals surface area (Å²) >= 11 is 0.878. The van der Waals surface area contributed by atoms with Gasteiger partial charge in [0.15, 0.2) is 53.1 Å². The van der Waals surface area contributed by atoms with Crippen molar-refractivity contribution in [3.63, 3.8) is 0 Å². The number of phosphoric ester groups is 2. The fourth-order valence-electron chi connectivity index (χ4n) is 9.62. The number of fused-ring (bicyclic) bond motifs is 4. The molecule has 16 atom stereocenters. The number of aliphatic hydroxyl groups excluding tert-OH is 3. The number of aromatic nitrogens is 12. The summed E-state index contributed by atoms with van der Waals surface area (Å²) in [7, 11) is -9.69. The molecule has 37 nitrogen and oxygen atoms in total. The average Bonchev–Trinajstić information content (AvgIpc) is 4.32. The van der Waals surface area contributed by atoms with Crippen LogP contribution < -0.4 is 17.2 Å². The summed E-state index contributed by atoms with van der Waals surface area (Å²) in [5.74, 6) is -0.457. The molecule has 0 spiro atoms. The van der Waals surface area contributed by atoms with Crippen molar-refractivity contribution in [1.82, 2.24) is 58.6 Å². The molecule has 6 aromatic heterocycles. The van der Waals surface area contributed by atoms with Crippen molar-refractivity contribution < 1.29 is 104 Å². The van der Waals surface area contributed by atoms with Gasteiger partial charge < -0.3 is 75.8 Å². The first kappa shape index (κ1) is 60.1. The topological polar surface area (TPSA) is 520 Å². The Morgan fingerprint density at radius 3 is 1.68 bits per heavy atom. The molecule has 4 fully saturated rings. The molecule has 6 aromatic rings. The lowest BCUT2D eigenvalue weighted by Crippen LogP contribution is -2.51. The summed E-state index contributed by atoms with van der Waals surface area (Å²) in [5, 5.41) is 30.6. The number of aliphatic hydroxyl groups is 3. The van der Waals surface area contributed by atoms with Gasteiger partial charge in [-0.3, -0.25) is 40.8 Å². The zero-order chi connectivity index (χ0) is 57.6. The van der Waals surface area contributed by atoms with Crippen molar-refractivity contribution in [2.75, 3.05) is 75.5 Å². The molecule has 4 saturated heterocycles. The largest absolute Gasteiger partial charge is 0.472 e. The predicted octanol–water partition coefficient (Wildman–Crippen LogP) is -0.0720. The van der Waals surface area contributed by atoms with E-state index in [4.69, 9.17) is 68.0 Å². The van der Waals surface area contributed by atoms with Crippen LogP contribution in [0.5, 0.6) is 0 Å². The zero-order valence-corrected chi connectivity index (χ0v) is 47.1. The van der Waals surface area contributed by atoms with Crippen molar-refractivity contribution in [3.05, 3.63) is 38.0 Å². The maximum Gasteiger partial charge on any atom is 0.472 e. The first-order chi connectivity index (χ1) is 38.6. The second-order valence-corrected chi connectivity index (χ2v) is 28.9. The van der Waals surface area contributed by atoms with Gasteiger partial charge in [-0.05, 0) is 35.6 Å². The Hall–Kier alpha value is -4.05.